The Kier molecular flexibility index (Phi) is 6.17. The molecule has 2 aromatic heterocycles. The van der Waals surface area contributed by atoms with Crippen molar-refractivity contribution < 1.29 is 22.7 Å². The van der Waals surface area contributed by atoms with Crippen LogP contribution in [0.4, 0.5) is 4.39 Å². The van der Waals surface area contributed by atoms with Crippen LogP contribution in [0.3, 0.4) is 0 Å². The van der Waals surface area contributed by atoms with Gasteiger partial charge in [0.05, 0.1) is 23.5 Å². The molecule has 0 spiro atoms. The lowest BCUT2D eigenvalue weighted by Gasteiger charge is -2.26. The van der Waals surface area contributed by atoms with E-state index in [-0.39, 0.29) is 22.4 Å². The van der Waals surface area contributed by atoms with E-state index in [0.29, 0.717) is 17.0 Å². The van der Waals surface area contributed by atoms with Crippen LogP contribution in [-0.4, -0.2) is 49.1 Å². The quantitative estimate of drug-likeness (QED) is 0.597. The average molecular weight is 433 g/mol. The molecule has 1 aliphatic heterocycles. The highest BCUT2D eigenvalue weighted by molar-refractivity contribution is 7.91. The molecule has 8 heteroatoms. The number of aromatic nitrogens is 2. The van der Waals surface area contributed by atoms with Crippen molar-refractivity contribution in [3.63, 3.8) is 0 Å². The summed E-state index contributed by atoms with van der Waals surface area (Å²) in [5.41, 5.74) is 2.54. The number of H-pyrrole nitrogens is 1. The maximum absolute atomic E-state index is 13.6. The van der Waals surface area contributed by atoms with Gasteiger partial charge in [-0.25, -0.2) is 17.8 Å². The molecule has 6 nitrogen and oxygen atoms in total. The van der Waals surface area contributed by atoms with Gasteiger partial charge >= 0.3 is 0 Å². The summed E-state index contributed by atoms with van der Waals surface area (Å²) in [6, 6.07) is 10.2. The summed E-state index contributed by atoms with van der Waals surface area (Å²) in [7, 11) is -3.50. The van der Waals surface area contributed by atoms with Crippen molar-refractivity contribution in [2.45, 2.75) is 30.1 Å². The van der Waals surface area contributed by atoms with Crippen LogP contribution < -0.4 is 0 Å². The van der Waals surface area contributed by atoms with Gasteiger partial charge in [0.1, 0.15) is 11.5 Å². The molecule has 1 aliphatic rings. The van der Waals surface area contributed by atoms with E-state index in [1.54, 1.807) is 12.1 Å². The molecule has 3 aromatic rings. The number of aliphatic hydroxyl groups excluding tert-OH is 1. The zero-order valence-corrected chi connectivity index (χ0v) is 17.4. The second-order valence-corrected chi connectivity index (χ2v) is 9.88. The number of fused-ring (bicyclic) bond motifs is 1. The van der Waals surface area contributed by atoms with Gasteiger partial charge in [0.25, 0.3) is 0 Å². The molecule has 0 amide bonds. The smallest absolute Gasteiger partial charge is 0.180 e. The normalized spacial score (nSPS) is 16.7. The maximum Gasteiger partial charge on any atom is 0.180 e. The first-order valence-electron chi connectivity index (χ1n) is 10.1. The van der Waals surface area contributed by atoms with Crippen LogP contribution in [0.15, 0.2) is 47.5 Å². The first-order valence-corrected chi connectivity index (χ1v) is 11.8. The Hall–Kier alpha value is -2.29. The lowest BCUT2D eigenvalue weighted by molar-refractivity contribution is 0.0626. The minimum absolute atomic E-state index is 0.0000397. The Labute approximate surface area is 175 Å². The lowest BCUT2D eigenvalue weighted by Crippen LogP contribution is -2.19. The fourth-order valence-electron chi connectivity index (χ4n) is 4.10. The van der Waals surface area contributed by atoms with E-state index in [9.17, 15) is 12.8 Å². The summed E-state index contributed by atoms with van der Waals surface area (Å²) < 4.78 is 43.5. The van der Waals surface area contributed by atoms with E-state index in [1.165, 1.54) is 12.3 Å². The number of pyridine rings is 1. The first-order chi connectivity index (χ1) is 14.5. The van der Waals surface area contributed by atoms with E-state index in [1.807, 2.05) is 18.2 Å². The van der Waals surface area contributed by atoms with Crippen molar-refractivity contribution in [2.75, 3.05) is 25.6 Å². The summed E-state index contributed by atoms with van der Waals surface area (Å²) in [6.45, 7) is 1.08. The maximum atomic E-state index is 13.6. The number of benzene rings is 1. The number of ether oxygens (including phenoxy) is 1. The van der Waals surface area contributed by atoms with Crippen LogP contribution in [0, 0.1) is 11.7 Å². The van der Waals surface area contributed by atoms with Crippen molar-refractivity contribution in [2.24, 2.45) is 5.92 Å². The zero-order chi connectivity index (χ0) is 21.1. The van der Waals surface area contributed by atoms with Crippen LogP contribution in [-0.2, 0) is 14.6 Å². The number of rotatable bonds is 7. The van der Waals surface area contributed by atoms with Crippen LogP contribution in [0.2, 0.25) is 0 Å². The molecule has 0 bridgehead atoms. The van der Waals surface area contributed by atoms with Gasteiger partial charge in [0.2, 0.25) is 0 Å². The number of hydrogen-bond acceptors (Lipinski definition) is 5. The molecule has 3 heterocycles. The van der Waals surface area contributed by atoms with E-state index in [0.717, 1.165) is 43.7 Å². The number of hydrogen-bond donors (Lipinski definition) is 2. The van der Waals surface area contributed by atoms with Crippen LogP contribution >= 0.6 is 0 Å². The second kappa shape index (κ2) is 8.83. The first kappa shape index (κ1) is 21.0. The highest BCUT2D eigenvalue weighted by atomic mass is 32.2. The summed E-state index contributed by atoms with van der Waals surface area (Å²) in [4.78, 5) is 7.65. The molecule has 1 atom stereocenters. The molecule has 0 saturated carbocycles. The van der Waals surface area contributed by atoms with Gasteiger partial charge in [-0.1, -0.05) is 12.1 Å². The number of nitrogens with zero attached hydrogens (tertiary/aromatic N) is 1. The largest absolute Gasteiger partial charge is 0.395 e. The molecule has 1 aromatic carbocycles. The summed E-state index contributed by atoms with van der Waals surface area (Å²) in [5, 5.41) is 9.71. The molecule has 160 valence electrons. The highest BCUT2D eigenvalue weighted by Gasteiger charge is 2.24. The topological polar surface area (TPSA) is 92.3 Å². The monoisotopic (exact) mass is 432 g/mol. The van der Waals surface area contributed by atoms with Gasteiger partial charge in [-0.3, -0.25) is 0 Å². The van der Waals surface area contributed by atoms with Crippen LogP contribution in [0.5, 0.6) is 0 Å². The third-order valence-corrected chi connectivity index (χ3v) is 7.45. The second-order valence-electron chi connectivity index (χ2n) is 7.77. The van der Waals surface area contributed by atoms with Gasteiger partial charge in [-0.15, -0.1) is 0 Å². The van der Waals surface area contributed by atoms with Crippen LogP contribution in [0.1, 0.15) is 36.4 Å². The molecule has 1 unspecified atom stereocenters. The molecular formula is C22H25FN2O4S. The fourth-order valence-corrected chi connectivity index (χ4v) is 5.13. The van der Waals surface area contributed by atoms with Gasteiger partial charge in [0, 0.05) is 30.2 Å². The fraction of sp³-hybridized carbons (Fsp3) is 0.409. The lowest BCUT2D eigenvalue weighted by atomic mass is 9.83. The summed E-state index contributed by atoms with van der Waals surface area (Å²) in [5.74, 6) is -0.193. The number of nitrogens with one attached hydrogen (secondary N) is 1. The van der Waals surface area contributed by atoms with Crippen molar-refractivity contribution in [1.82, 2.24) is 9.97 Å². The molecule has 4 rings (SSSR count). The minimum Gasteiger partial charge on any atom is -0.395 e. The third-order valence-electron chi connectivity index (χ3n) is 5.74. The third kappa shape index (κ3) is 4.55. The Morgan fingerprint density at radius 1 is 1.20 bits per heavy atom. The van der Waals surface area contributed by atoms with E-state index < -0.39 is 16.4 Å². The Morgan fingerprint density at radius 2 is 1.93 bits per heavy atom. The summed E-state index contributed by atoms with van der Waals surface area (Å²) in [6.07, 6.45) is 4.03. The van der Waals surface area contributed by atoms with Crippen molar-refractivity contribution in [1.29, 1.82) is 0 Å². The van der Waals surface area contributed by atoms with Gasteiger partial charge in [-0.2, -0.15) is 0 Å². The van der Waals surface area contributed by atoms with E-state index in [4.69, 9.17) is 9.84 Å². The molecule has 0 radical (unpaired) electrons. The molecule has 1 fully saturated rings. The highest BCUT2D eigenvalue weighted by Crippen LogP contribution is 2.35. The summed E-state index contributed by atoms with van der Waals surface area (Å²) >= 11 is 0. The van der Waals surface area contributed by atoms with Crippen molar-refractivity contribution in [3.8, 4) is 0 Å². The number of halogens is 1. The predicted octanol–water partition coefficient (Wildman–Crippen LogP) is 3.42. The number of sulfone groups is 1. The molecule has 30 heavy (non-hydrogen) atoms. The molecule has 1 saturated heterocycles. The van der Waals surface area contributed by atoms with Gasteiger partial charge < -0.3 is 14.8 Å². The number of aromatic amines is 1. The van der Waals surface area contributed by atoms with Gasteiger partial charge in [0.15, 0.2) is 9.84 Å². The minimum atomic E-state index is -3.50. The molecular weight excluding hydrogens is 407 g/mol. The number of aliphatic hydroxyl groups is 1. The van der Waals surface area contributed by atoms with Gasteiger partial charge in [-0.05, 0) is 55.0 Å². The van der Waals surface area contributed by atoms with Crippen LogP contribution in [0.25, 0.3) is 11.0 Å². The Bertz CT molecular complexity index is 1110. The standard InChI is InChI=1S/C22H25FN2O4S/c23-18-12-17-13-21(25-22(17)24-14-18)20(11-15-5-8-29-9-6-15)16-1-3-19(4-2-16)30(27,28)10-7-26/h1-4,12-15,20,26H,5-11H2,(H,24,25). The molecule has 2 N–H and O–H groups in total. The van der Waals surface area contributed by atoms with E-state index in [2.05, 4.69) is 9.97 Å². The van der Waals surface area contributed by atoms with Crippen molar-refractivity contribution in [3.05, 3.63) is 59.7 Å². The average Bonchev–Trinajstić information content (AvgIpc) is 3.15. The zero-order valence-electron chi connectivity index (χ0n) is 16.6. The molecule has 0 aliphatic carbocycles. The Balaban J connectivity index is 1.69. The van der Waals surface area contributed by atoms with Crippen molar-refractivity contribution >= 4 is 20.9 Å². The SMILES string of the molecule is O=S(=O)(CCO)c1ccc(C(CC2CCOCC2)c2cc3cc(F)cnc3[nH]2)cc1. The predicted molar refractivity (Wildman–Crippen MR) is 112 cm³/mol. The van der Waals surface area contributed by atoms with E-state index >= 15 is 0 Å². The Morgan fingerprint density at radius 3 is 2.63 bits per heavy atom.